The predicted molar refractivity (Wildman–Crippen MR) is 73.8 cm³/mol. The molecule has 0 unspecified atom stereocenters. The molecule has 0 amide bonds. The Hall–Kier alpha value is -1.44. The van der Waals surface area contributed by atoms with Gasteiger partial charge in [-0.25, -0.2) is 4.39 Å². The summed E-state index contributed by atoms with van der Waals surface area (Å²) in [6, 6.07) is 2.08. The van der Waals surface area contributed by atoms with E-state index < -0.39 is 10.7 Å². The first-order chi connectivity index (χ1) is 9.58. The number of halogens is 2. The number of ether oxygens (including phenoxy) is 1. The Bertz CT molecular complexity index is 495. The summed E-state index contributed by atoms with van der Waals surface area (Å²) in [6.45, 7) is 4.25. The number of nitro benzene ring substituents is 1. The predicted octanol–water partition coefficient (Wildman–Crippen LogP) is 2.13. The molecule has 110 valence electrons. The molecule has 6 nitrogen and oxygen atoms in total. The van der Waals surface area contributed by atoms with Gasteiger partial charge in [0.05, 0.1) is 23.2 Å². The summed E-state index contributed by atoms with van der Waals surface area (Å²) in [5.74, 6) is -0.675. The zero-order valence-electron chi connectivity index (χ0n) is 10.8. The molecular weight excluding hydrogens is 289 g/mol. The lowest BCUT2D eigenvalue weighted by Gasteiger charge is -2.26. The van der Waals surface area contributed by atoms with Crippen molar-refractivity contribution >= 4 is 23.0 Å². The fourth-order valence-corrected chi connectivity index (χ4v) is 2.16. The van der Waals surface area contributed by atoms with Gasteiger partial charge in [0.15, 0.2) is 0 Å². The van der Waals surface area contributed by atoms with Crippen LogP contribution < -0.4 is 5.32 Å². The van der Waals surface area contributed by atoms with Gasteiger partial charge in [-0.15, -0.1) is 0 Å². The Balaban J connectivity index is 1.97. The summed E-state index contributed by atoms with van der Waals surface area (Å²) in [4.78, 5) is 12.5. The van der Waals surface area contributed by atoms with Crippen molar-refractivity contribution in [3.8, 4) is 0 Å². The second-order valence-electron chi connectivity index (χ2n) is 4.42. The largest absolute Gasteiger partial charge is 0.379 e. The molecule has 2 rings (SSSR count). The summed E-state index contributed by atoms with van der Waals surface area (Å²) in [5, 5.41) is 13.5. The van der Waals surface area contributed by atoms with Crippen LogP contribution in [0.2, 0.25) is 5.02 Å². The van der Waals surface area contributed by atoms with Gasteiger partial charge >= 0.3 is 0 Å². The number of morpholine rings is 1. The second-order valence-corrected chi connectivity index (χ2v) is 4.83. The van der Waals surface area contributed by atoms with E-state index >= 15 is 0 Å². The van der Waals surface area contributed by atoms with Gasteiger partial charge in [0.1, 0.15) is 11.5 Å². The van der Waals surface area contributed by atoms with E-state index in [1.807, 2.05) is 0 Å². The monoisotopic (exact) mass is 303 g/mol. The summed E-state index contributed by atoms with van der Waals surface area (Å²) in [7, 11) is 0. The average molecular weight is 304 g/mol. The van der Waals surface area contributed by atoms with Crippen molar-refractivity contribution in [3.63, 3.8) is 0 Å². The summed E-state index contributed by atoms with van der Waals surface area (Å²) in [5.41, 5.74) is -0.0801. The van der Waals surface area contributed by atoms with E-state index in [-0.39, 0.29) is 16.4 Å². The topological polar surface area (TPSA) is 67.6 Å². The fourth-order valence-electron chi connectivity index (χ4n) is 2.00. The normalized spacial score (nSPS) is 16.1. The van der Waals surface area contributed by atoms with Crippen LogP contribution in [0.1, 0.15) is 0 Å². The summed E-state index contributed by atoms with van der Waals surface area (Å²) < 4.78 is 18.6. The van der Waals surface area contributed by atoms with Gasteiger partial charge in [-0.2, -0.15) is 0 Å². The number of hydrogen-bond donors (Lipinski definition) is 1. The second kappa shape index (κ2) is 6.83. The SMILES string of the molecule is O=[N+]([O-])c1cc(Cl)c(F)cc1NCCN1CCOCC1. The highest BCUT2D eigenvalue weighted by Crippen LogP contribution is 2.30. The first-order valence-corrected chi connectivity index (χ1v) is 6.63. The van der Waals surface area contributed by atoms with Crippen molar-refractivity contribution in [2.45, 2.75) is 0 Å². The van der Waals surface area contributed by atoms with Crippen molar-refractivity contribution in [2.24, 2.45) is 0 Å². The molecule has 0 aliphatic carbocycles. The van der Waals surface area contributed by atoms with Crippen molar-refractivity contribution in [3.05, 3.63) is 33.1 Å². The van der Waals surface area contributed by atoms with Crippen LogP contribution in [0, 0.1) is 15.9 Å². The zero-order chi connectivity index (χ0) is 14.5. The number of hydrogen-bond acceptors (Lipinski definition) is 5. The highest BCUT2D eigenvalue weighted by atomic mass is 35.5. The number of nitrogens with zero attached hydrogens (tertiary/aromatic N) is 2. The van der Waals surface area contributed by atoms with Crippen molar-refractivity contribution in [1.29, 1.82) is 0 Å². The number of benzene rings is 1. The first kappa shape index (κ1) is 15.0. The van der Waals surface area contributed by atoms with Crippen LogP contribution >= 0.6 is 11.6 Å². The Morgan fingerprint density at radius 1 is 1.45 bits per heavy atom. The van der Waals surface area contributed by atoms with E-state index in [9.17, 15) is 14.5 Å². The molecule has 1 N–H and O–H groups in total. The quantitative estimate of drug-likeness (QED) is 0.667. The lowest BCUT2D eigenvalue weighted by Crippen LogP contribution is -2.39. The molecule has 1 fully saturated rings. The van der Waals surface area contributed by atoms with Crippen molar-refractivity contribution in [2.75, 3.05) is 44.7 Å². The van der Waals surface area contributed by atoms with E-state index in [1.54, 1.807) is 0 Å². The molecule has 1 heterocycles. The van der Waals surface area contributed by atoms with Crippen LogP contribution in [0.3, 0.4) is 0 Å². The molecule has 20 heavy (non-hydrogen) atoms. The van der Waals surface area contributed by atoms with Gasteiger partial charge in [0, 0.05) is 38.3 Å². The van der Waals surface area contributed by atoms with Gasteiger partial charge in [0.25, 0.3) is 5.69 Å². The molecule has 0 spiro atoms. The molecule has 1 aliphatic heterocycles. The highest BCUT2D eigenvalue weighted by molar-refractivity contribution is 6.31. The highest BCUT2D eigenvalue weighted by Gasteiger charge is 2.18. The minimum atomic E-state index is -0.675. The van der Waals surface area contributed by atoms with E-state index in [4.69, 9.17) is 16.3 Å². The number of rotatable bonds is 5. The third kappa shape index (κ3) is 3.78. The van der Waals surface area contributed by atoms with Crippen molar-refractivity contribution in [1.82, 2.24) is 4.90 Å². The summed E-state index contributed by atoms with van der Waals surface area (Å²) >= 11 is 5.56. The third-order valence-corrected chi connectivity index (χ3v) is 3.37. The fraction of sp³-hybridized carbons (Fsp3) is 0.500. The lowest BCUT2D eigenvalue weighted by molar-refractivity contribution is -0.384. The summed E-state index contributed by atoms with van der Waals surface area (Å²) in [6.07, 6.45) is 0. The van der Waals surface area contributed by atoms with E-state index in [0.717, 1.165) is 25.2 Å². The van der Waals surface area contributed by atoms with Crippen LogP contribution in [0.15, 0.2) is 12.1 Å². The number of nitro groups is 1. The molecular formula is C12H15ClFN3O3. The Morgan fingerprint density at radius 2 is 2.15 bits per heavy atom. The molecule has 1 saturated heterocycles. The first-order valence-electron chi connectivity index (χ1n) is 6.25. The molecule has 1 aromatic rings. The van der Waals surface area contributed by atoms with Gasteiger partial charge < -0.3 is 10.1 Å². The molecule has 8 heteroatoms. The minimum absolute atomic E-state index is 0.144. The van der Waals surface area contributed by atoms with Crippen LogP contribution in [0.25, 0.3) is 0 Å². The van der Waals surface area contributed by atoms with Crippen LogP contribution in [0.5, 0.6) is 0 Å². The van der Waals surface area contributed by atoms with E-state index in [2.05, 4.69) is 10.2 Å². The van der Waals surface area contributed by atoms with Gasteiger partial charge in [0.2, 0.25) is 0 Å². The molecule has 0 aromatic heterocycles. The smallest absolute Gasteiger partial charge is 0.294 e. The molecule has 0 saturated carbocycles. The molecule has 0 radical (unpaired) electrons. The van der Waals surface area contributed by atoms with Crippen LogP contribution in [-0.2, 0) is 4.74 Å². The average Bonchev–Trinajstić information content (AvgIpc) is 2.43. The standard InChI is InChI=1S/C12H15ClFN3O3/c13-9-7-12(17(18)19)11(8-10(9)14)15-1-2-16-3-5-20-6-4-16/h7-8,15H,1-6H2. The lowest BCUT2D eigenvalue weighted by atomic mass is 10.2. The molecule has 1 aliphatic rings. The molecule has 0 atom stereocenters. The van der Waals surface area contributed by atoms with Gasteiger partial charge in [-0.05, 0) is 0 Å². The van der Waals surface area contributed by atoms with E-state index in [1.165, 1.54) is 0 Å². The maximum Gasteiger partial charge on any atom is 0.294 e. The van der Waals surface area contributed by atoms with Gasteiger partial charge in [-0.3, -0.25) is 15.0 Å². The maximum absolute atomic E-state index is 13.4. The molecule has 1 aromatic carbocycles. The Kier molecular flexibility index (Phi) is 5.11. The third-order valence-electron chi connectivity index (χ3n) is 3.08. The van der Waals surface area contributed by atoms with Crippen molar-refractivity contribution < 1.29 is 14.1 Å². The van der Waals surface area contributed by atoms with Gasteiger partial charge in [-0.1, -0.05) is 11.6 Å². The minimum Gasteiger partial charge on any atom is -0.379 e. The zero-order valence-corrected chi connectivity index (χ0v) is 11.5. The van der Waals surface area contributed by atoms with E-state index in [0.29, 0.717) is 26.3 Å². The Labute approximate surface area is 120 Å². The Morgan fingerprint density at radius 3 is 2.80 bits per heavy atom. The number of anilines is 1. The van der Waals surface area contributed by atoms with Crippen LogP contribution in [0.4, 0.5) is 15.8 Å². The maximum atomic E-state index is 13.4. The van der Waals surface area contributed by atoms with Crippen LogP contribution in [-0.4, -0.2) is 49.2 Å². The molecule has 0 bridgehead atoms. The number of nitrogens with one attached hydrogen (secondary N) is 1.